The molecule has 1 aromatic rings. The van der Waals surface area contributed by atoms with E-state index < -0.39 is 21.8 Å². The van der Waals surface area contributed by atoms with Crippen molar-refractivity contribution in [3.63, 3.8) is 0 Å². The molecule has 0 heterocycles. The Morgan fingerprint density at radius 2 is 1.92 bits per heavy atom. The average molecular weight is 376 g/mol. The average Bonchev–Trinajstić information content (AvgIpc) is 2.53. The number of anilines is 1. The number of carbonyl (C=O) groups is 2. The SMILES string of the molecule is CCCS(=O)(=O)c1ccc(Cl)cc1N/C(=C/C(=O)OC)C(=O)OC. The summed E-state index contributed by atoms with van der Waals surface area (Å²) in [6, 6.07) is 4.11. The molecular formula is C15H18ClNO6S. The van der Waals surface area contributed by atoms with Crippen LogP contribution in [0.4, 0.5) is 5.69 Å². The Bertz CT molecular complexity index is 757. The smallest absolute Gasteiger partial charge is 0.354 e. The summed E-state index contributed by atoms with van der Waals surface area (Å²) in [4.78, 5) is 23.2. The predicted octanol–water partition coefficient (Wildman–Crippen LogP) is 2.17. The number of hydrogen-bond donors (Lipinski definition) is 1. The Morgan fingerprint density at radius 1 is 1.25 bits per heavy atom. The quantitative estimate of drug-likeness (QED) is 0.575. The van der Waals surface area contributed by atoms with Gasteiger partial charge in [-0.1, -0.05) is 18.5 Å². The van der Waals surface area contributed by atoms with Gasteiger partial charge in [-0.3, -0.25) is 0 Å². The largest absolute Gasteiger partial charge is 0.466 e. The minimum Gasteiger partial charge on any atom is -0.466 e. The molecule has 0 atom stereocenters. The molecule has 24 heavy (non-hydrogen) atoms. The van der Waals surface area contributed by atoms with Crippen molar-refractivity contribution in [3.8, 4) is 0 Å². The van der Waals surface area contributed by atoms with Crippen molar-refractivity contribution >= 4 is 39.1 Å². The maximum atomic E-state index is 12.4. The van der Waals surface area contributed by atoms with Crippen molar-refractivity contribution in [3.05, 3.63) is 35.0 Å². The molecule has 132 valence electrons. The highest BCUT2D eigenvalue weighted by Gasteiger charge is 2.21. The van der Waals surface area contributed by atoms with Crippen LogP contribution in [0.5, 0.6) is 0 Å². The first-order chi connectivity index (χ1) is 11.2. The van der Waals surface area contributed by atoms with E-state index in [0.717, 1.165) is 20.3 Å². The molecule has 0 saturated carbocycles. The van der Waals surface area contributed by atoms with Crippen molar-refractivity contribution in [1.29, 1.82) is 0 Å². The summed E-state index contributed by atoms with van der Waals surface area (Å²) in [6.45, 7) is 1.73. The monoisotopic (exact) mass is 375 g/mol. The van der Waals surface area contributed by atoms with E-state index in [-0.39, 0.29) is 27.1 Å². The maximum absolute atomic E-state index is 12.4. The van der Waals surface area contributed by atoms with Crippen LogP contribution in [-0.4, -0.2) is 40.3 Å². The second-order valence-electron chi connectivity index (χ2n) is 4.66. The molecule has 7 nitrogen and oxygen atoms in total. The lowest BCUT2D eigenvalue weighted by Gasteiger charge is -2.14. The number of esters is 2. The fraction of sp³-hybridized carbons (Fsp3) is 0.333. The van der Waals surface area contributed by atoms with Crippen LogP contribution in [-0.2, 0) is 28.9 Å². The molecule has 0 unspecified atom stereocenters. The molecule has 1 aromatic carbocycles. The molecule has 0 spiro atoms. The van der Waals surface area contributed by atoms with E-state index in [4.69, 9.17) is 11.6 Å². The van der Waals surface area contributed by atoms with Gasteiger partial charge in [0.15, 0.2) is 9.84 Å². The van der Waals surface area contributed by atoms with Gasteiger partial charge in [-0.2, -0.15) is 0 Å². The summed E-state index contributed by atoms with van der Waals surface area (Å²) in [7, 11) is -1.32. The Morgan fingerprint density at radius 3 is 2.46 bits per heavy atom. The van der Waals surface area contributed by atoms with Crippen LogP contribution in [0.3, 0.4) is 0 Å². The van der Waals surface area contributed by atoms with Crippen molar-refractivity contribution in [2.75, 3.05) is 25.3 Å². The first-order valence-corrected chi connectivity index (χ1v) is 8.95. The standard InChI is InChI=1S/C15H18ClNO6S/c1-4-7-24(20,21)13-6-5-10(16)8-11(13)17-12(15(19)23-3)9-14(18)22-2/h5-6,8-9,17H,4,7H2,1-3H3/b12-9+. The molecule has 0 amide bonds. The number of halogens is 1. The maximum Gasteiger partial charge on any atom is 0.354 e. The molecule has 0 bridgehead atoms. The number of nitrogens with one attached hydrogen (secondary N) is 1. The van der Waals surface area contributed by atoms with Crippen LogP contribution in [0.2, 0.25) is 5.02 Å². The summed E-state index contributed by atoms with van der Waals surface area (Å²) in [6.07, 6.45) is 1.29. The van der Waals surface area contributed by atoms with Gasteiger partial charge in [-0.05, 0) is 24.6 Å². The van der Waals surface area contributed by atoms with Gasteiger partial charge < -0.3 is 14.8 Å². The lowest BCUT2D eigenvalue weighted by Crippen LogP contribution is -2.17. The van der Waals surface area contributed by atoms with E-state index in [9.17, 15) is 18.0 Å². The number of sulfone groups is 1. The highest BCUT2D eigenvalue weighted by molar-refractivity contribution is 7.91. The van der Waals surface area contributed by atoms with Crippen LogP contribution in [0.25, 0.3) is 0 Å². The van der Waals surface area contributed by atoms with Crippen LogP contribution in [0, 0.1) is 0 Å². The third kappa shape index (κ3) is 5.24. The van der Waals surface area contributed by atoms with E-state index in [1.54, 1.807) is 6.92 Å². The molecule has 0 saturated heterocycles. The van der Waals surface area contributed by atoms with E-state index in [1.165, 1.54) is 18.2 Å². The third-order valence-electron chi connectivity index (χ3n) is 2.89. The van der Waals surface area contributed by atoms with Gasteiger partial charge in [0.1, 0.15) is 5.70 Å². The van der Waals surface area contributed by atoms with E-state index in [2.05, 4.69) is 14.8 Å². The van der Waals surface area contributed by atoms with Crippen LogP contribution in [0.15, 0.2) is 34.9 Å². The fourth-order valence-corrected chi connectivity index (χ4v) is 3.48. The van der Waals surface area contributed by atoms with Crippen molar-refractivity contribution in [2.45, 2.75) is 18.2 Å². The van der Waals surface area contributed by atoms with Gasteiger partial charge in [0.05, 0.1) is 36.6 Å². The van der Waals surface area contributed by atoms with E-state index >= 15 is 0 Å². The molecule has 0 aliphatic heterocycles. The fourth-order valence-electron chi connectivity index (χ4n) is 1.83. The van der Waals surface area contributed by atoms with Gasteiger partial charge in [-0.15, -0.1) is 0 Å². The Hall–Kier alpha value is -2.06. The van der Waals surface area contributed by atoms with E-state index in [0.29, 0.717) is 6.42 Å². The molecular weight excluding hydrogens is 358 g/mol. The number of benzene rings is 1. The molecule has 0 aliphatic carbocycles. The Kier molecular flexibility index (Phi) is 7.24. The summed E-state index contributed by atoms with van der Waals surface area (Å²) in [5.41, 5.74) is -0.212. The zero-order chi connectivity index (χ0) is 18.3. The lowest BCUT2D eigenvalue weighted by molar-refractivity contribution is -0.138. The van der Waals surface area contributed by atoms with Crippen LogP contribution in [0.1, 0.15) is 13.3 Å². The normalized spacial score (nSPS) is 11.8. The van der Waals surface area contributed by atoms with Crippen molar-refractivity contribution < 1.29 is 27.5 Å². The van der Waals surface area contributed by atoms with Crippen molar-refractivity contribution in [1.82, 2.24) is 0 Å². The van der Waals surface area contributed by atoms with Gasteiger partial charge in [0.25, 0.3) is 0 Å². The van der Waals surface area contributed by atoms with Crippen LogP contribution >= 0.6 is 11.6 Å². The van der Waals surface area contributed by atoms with Gasteiger partial charge in [0, 0.05) is 5.02 Å². The molecule has 1 N–H and O–H groups in total. The topological polar surface area (TPSA) is 98.8 Å². The minimum atomic E-state index is -3.59. The molecule has 0 fully saturated rings. The Balaban J connectivity index is 3.38. The van der Waals surface area contributed by atoms with Gasteiger partial charge >= 0.3 is 11.9 Å². The molecule has 0 aliphatic rings. The van der Waals surface area contributed by atoms with Crippen molar-refractivity contribution in [2.24, 2.45) is 0 Å². The van der Waals surface area contributed by atoms with Gasteiger partial charge in [0.2, 0.25) is 0 Å². The second-order valence-corrected chi connectivity index (χ2v) is 7.17. The van der Waals surface area contributed by atoms with Crippen LogP contribution < -0.4 is 5.32 Å². The van der Waals surface area contributed by atoms with Gasteiger partial charge in [-0.25, -0.2) is 18.0 Å². The number of ether oxygens (including phenoxy) is 2. The Labute approximate surface area is 145 Å². The summed E-state index contributed by atoms with van der Waals surface area (Å²) in [5.74, 6) is -1.74. The first kappa shape index (κ1) is 20.0. The summed E-state index contributed by atoms with van der Waals surface area (Å²) >= 11 is 5.91. The molecule has 1 rings (SSSR count). The highest BCUT2D eigenvalue weighted by Crippen LogP contribution is 2.28. The number of methoxy groups -OCH3 is 2. The third-order valence-corrected chi connectivity index (χ3v) is 5.09. The molecule has 0 radical (unpaired) electrons. The van der Waals surface area contributed by atoms with E-state index in [1.807, 2.05) is 0 Å². The summed E-state index contributed by atoms with van der Waals surface area (Å²) < 4.78 is 33.7. The molecule has 0 aromatic heterocycles. The molecule has 9 heteroatoms. The highest BCUT2D eigenvalue weighted by atomic mass is 35.5. The zero-order valence-corrected chi connectivity index (χ0v) is 15.0. The zero-order valence-electron chi connectivity index (χ0n) is 13.5. The number of carbonyl (C=O) groups excluding carboxylic acids is 2. The number of rotatable bonds is 7. The lowest BCUT2D eigenvalue weighted by atomic mass is 10.3. The predicted molar refractivity (Wildman–Crippen MR) is 89.5 cm³/mol. The number of hydrogen-bond acceptors (Lipinski definition) is 7. The summed E-state index contributed by atoms with van der Waals surface area (Å²) in [5, 5.41) is 2.85. The second kappa shape index (κ2) is 8.70. The minimum absolute atomic E-state index is 0.0339. The first-order valence-electron chi connectivity index (χ1n) is 6.92.